The lowest BCUT2D eigenvalue weighted by Crippen LogP contribution is -2.46. The van der Waals surface area contributed by atoms with Crippen LogP contribution in [0.5, 0.6) is 0 Å². The molecule has 8 heteroatoms. The minimum atomic E-state index is 0. The summed E-state index contributed by atoms with van der Waals surface area (Å²) >= 11 is 0. The molecule has 0 spiro atoms. The number of likely N-dealkylation sites (tertiary alicyclic amines) is 1. The van der Waals surface area contributed by atoms with Crippen LogP contribution in [0.2, 0.25) is 0 Å². The molecule has 3 rings (SSSR count). The van der Waals surface area contributed by atoms with Crippen molar-refractivity contribution in [2.45, 2.75) is 38.6 Å². The number of aromatic nitrogens is 3. The zero-order valence-electron chi connectivity index (χ0n) is 16.6. The molecule has 2 aromatic heterocycles. The van der Waals surface area contributed by atoms with Crippen LogP contribution in [0.25, 0.3) is 5.65 Å². The van der Waals surface area contributed by atoms with E-state index in [0.717, 1.165) is 49.9 Å². The Balaban J connectivity index is 0.00000261. The molecule has 1 saturated heterocycles. The zero-order chi connectivity index (χ0) is 18.4. The van der Waals surface area contributed by atoms with E-state index in [0.29, 0.717) is 6.04 Å². The number of aryl methyl sites for hydroxylation is 1. The molecule has 0 aliphatic carbocycles. The van der Waals surface area contributed by atoms with E-state index >= 15 is 0 Å². The molecular formula is C19H32IN7. The number of rotatable bonds is 7. The van der Waals surface area contributed by atoms with Crippen molar-refractivity contribution in [2.75, 3.05) is 40.3 Å². The van der Waals surface area contributed by atoms with Crippen LogP contribution < -0.4 is 5.32 Å². The summed E-state index contributed by atoms with van der Waals surface area (Å²) in [7, 11) is 3.99. The fourth-order valence-corrected chi connectivity index (χ4v) is 3.81. The minimum absolute atomic E-state index is 0. The summed E-state index contributed by atoms with van der Waals surface area (Å²) in [5, 5.41) is 12.0. The van der Waals surface area contributed by atoms with Gasteiger partial charge >= 0.3 is 0 Å². The number of nitrogens with zero attached hydrogens (tertiary/aromatic N) is 6. The Bertz CT molecular complexity index is 730. The summed E-state index contributed by atoms with van der Waals surface area (Å²) in [5.74, 6) is 1.98. The van der Waals surface area contributed by atoms with E-state index in [1.165, 1.54) is 19.4 Å². The average molecular weight is 485 g/mol. The normalized spacial score (nSPS) is 17.9. The number of halogens is 1. The van der Waals surface area contributed by atoms with Crippen LogP contribution in [-0.4, -0.2) is 76.7 Å². The molecule has 0 bridgehead atoms. The quantitative estimate of drug-likeness (QED) is 0.282. The molecule has 2 aromatic rings. The van der Waals surface area contributed by atoms with Crippen molar-refractivity contribution >= 4 is 35.6 Å². The SMILES string of the molecule is CCN1CCCC1CN(C)C(=NC)NCCCc1nnc2ccccn12.I. The summed E-state index contributed by atoms with van der Waals surface area (Å²) in [4.78, 5) is 9.27. The molecule has 0 aromatic carbocycles. The highest BCUT2D eigenvalue weighted by Crippen LogP contribution is 2.17. The first-order valence-electron chi connectivity index (χ1n) is 9.67. The lowest BCUT2D eigenvalue weighted by Gasteiger charge is -2.29. The zero-order valence-corrected chi connectivity index (χ0v) is 19.0. The second-order valence-electron chi connectivity index (χ2n) is 6.93. The molecule has 0 amide bonds. The maximum Gasteiger partial charge on any atom is 0.193 e. The summed E-state index contributed by atoms with van der Waals surface area (Å²) < 4.78 is 2.06. The molecule has 1 aliphatic heterocycles. The van der Waals surface area contributed by atoms with E-state index in [-0.39, 0.29) is 24.0 Å². The van der Waals surface area contributed by atoms with Crippen molar-refractivity contribution in [2.24, 2.45) is 4.99 Å². The first-order chi connectivity index (χ1) is 12.7. The van der Waals surface area contributed by atoms with E-state index in [1.54, 1.807) is 0 Å². The number of aliphatic imine (C=N–C) groups is 1. The van der Waals surface area contributed by atoms with Gasteiger partial charge in [0.1, 0.15) is 5.82 Å². The van der Waals surface area contributed by atoms with Crippen LogP contribution in [0, 0.1) is 0 Å². The molecule has 27 heavy (non-hydrogen) atoms. The van der Waals surface area contributed by atoms with Crippen molar-refractivity contribution in [1.82, 2.24) is 29.7 Å². The fraction of sp³-hybridized carbons (Fsp3) is 0.632. The van der Waals surface area contributed by atoms with Crippen molar-refractivity contribution < 1.29 is 0 Å². The van der Waals surface area contributed by atoms with Crippen LogP contribution in [0.3, 0.4) is 0 Å². The van der Waals surface area contributed by atoms with Crippen molar-refractivity contribution in [3.05, 3.63) is 30.2 Å². The molecule has 0 saturated carbocycles. The Hall–Kier alpha value is -1.42. The molecule has 1 fully saturated rings. The Morgan fingerprint density at radius 1 is 1.37 bits per heavy atom. The standard InChI is InChI=1S/C19H31N7.HI/c1-4-25-13-8-9-16(25)15-24(3)19(20-2)21-12-7-11-18-23-22-17-10-5-6-14-26(17)18;/h5-6,10,14,16H,4,7-9,11-13,15H2,1-3H3,(H,20,21);1H. The maximum atomic E-state index is 4.45. The van der Waals surface area contributed by atoms with Crippen LogP contribution in [0.15, 0.2) is 29.4 Å². The Kier molecular flexibility index (Phi) is 8.75. The third-order valence-electron chi connectivity index (χ3n) is 5.21. The molecule has 1 atom stereocenters. The second kappa shape index (κ2) is 10.8. The number of likely N-dealkylation sites (N-methyl/N-ethyl adjacent to an activating group) is 2. The number of hydrogen-bond acceptors (Lipinski definition) is 4. The number of guanidine groups is 1. The molecule has 1 N–H and O–H groups in total. The molecule has 1 unspecified atom stereocenters. The van der Waals surface area contributed by atoms with Gasteiger partial charge in [0.05, 0.1) is 0 Å². The highest BCUT2D eigenvalue weighted by Gasteiger charge is 2.24. The average Bonchev–Trinajstić information content (AvgIpc) is 3.28. The predicted octanol–water partition coefficient (Wildman–Crippen LogP) is 2.27. The lowest BCUT2D eigenvalue weighted by molar-refractivity contribution is 0.232. The summed E-state index contributed by atoms with van der Waals surface area (Å²) in [6, 6.07) is 6.62. The van der Waals surface area contributed by atoms with Gasteiger partial charge in [0.15, 0.2) is 11.6 Å². The van der Waals surface area contributed by atoms with Gasteiger partial charge in [0.2, 0.25) is 0 Å². The fourth-order valence-electron chi connectivity index (χ4n) is 3.81. The second-order valence-corrected chi connectivity index (χ2v) is 6.93. The minimum Gasteiger partial charge on any atom is -0.356 e. The molecule has 0 radical (unpaired) electrons. The van der Waals surface area contributed by atoms with Gasteiger partial charge in [-0.25, -0.2) is 0 Å². The van der Waals surface area contributed by atoms with Gasteiger partial charge in [-0.15, -0.1) is 34.2 Å². The molecular weight excluding hydrogens is 453 g/mol. The molecule has 7 nitrogen and oxygen atoms in total. The van der Waals surface area contributed by atoms with Crippen molar-refractivity contribution in [3.63, 3.8) is 0 Å². The van der Waals surface area contributed by atoms with Gasteiger partial charge in [-0.3, -0.25) is 14.3 Å². The molecule has 1 aliphatic rings. The van der Waals surface area contributed by atoms with E-state index in [1.807, 2.05) is 31.4 Å². The van der Waals surface area contributed by atoms with Crippen LogP contribution >= 0.6 is 24.0 Å². The Labute approximate surface area is 179 Å². The number of hydrogen-bond donors (Lipinski definition) is 1. The Morgan fingerprint density at radius 2 is 2.22 bits per heavy atom. The number of fused-ring (bicyclic) bond motifs is 1. The Morgan fingerprint density at radius 3 is 3.00 bits per heavy atom. The van der Waals surface area contributed by atoms with E-state index < -0.39 is 0 Å². The first kappa shape index (κ1) is 21.9. The smallest absolute Gasteiger partial charge is 0.193 e. The lowest BCUT2D eigenvalue weighted by atomic mass is 10.2. The van der Waals surface area contributed by atoms with E-state index in [2.05, 4.69) is 48.7 Å². The van der Waals surface area contributed by atoms with E-state index in [4.69, 9.17) is 0 Å². The van der Waals surface area contributed by atoms with Crippen LogP contribution in [0.1, 0.15) is 32.0 Å². The van der Waals surface area contributed by atoms with Gasteiger partial charge < -0.3 is 10.2 Å². The van der Waals surface area contributed by atoms with E-state index in [9.17, 15) is 0 Å². The largest absolute Gasteiger partial charge is 0.356 e. The topological polar surface area (TPSA) is 61.1 Å². The summed E-state index contributed by atoms with van der Waals surface area (Å²) in [6.07, 6.45) is 6.50. The maximum absolute atomic E-state index is 4.45. The number of nitrogens with one attached hydrogen (secondary N) is 1. The third-order valence-corrected chi connectivity index (χ3v) is 5.21. The van der Waals surface area contributed by atoms with Crippen LogP contribution in [-0.2, 0) is 6.42 Å². The van der Waals surface area contributed by atoms with Gasteiger partial charge in [0.25, 0.3) is 0 Å². The van der Waals surface area contributed by atoms with Crippen molar-refractivity contribution in [3.8, 4) is 0 Å². The van der Waals surface area contributed by atoms with Crippen molar-refractivity contribution in [1.29, 1.82) is 0 Å². The van der Waals surface area contributed by atoms with Crippen LogP contribution in [0.4, 0.5) is 0 Å². The highest BCUT2D eigenvalue weighted by molar-refractivity contribution is 14.0. The summed E-state index contributed by atoms with van der Waals surface area (Å²) in [5.41, 5.74) is 0.906. The van der Waals surface area contributed by atoms with Gasteiger partial charge in [0, 0.05) is 45.8 Å². The predicted molar refractivity (Wildman–Crippen MR) is 121 cm³/mol. The first-order valence-corrected chi connectivity index (χ1v) is 9.67. The summed E-state index contributed by atoms with van der Waals surface area (Å²) in [6.45, 7) is 6.52. The molecule has 150 valence electrons. The number of pyridine rings is 1. The van der Waals surface area contributed by atoms with Gasteiger partial charge in [-0.2, -0.15) is 0 Å². The highest BCUT2D eigenvalue weighted by atomic mass is 127. The van der Waals surface area contributed by atoms with Gasteiger partial charge in [-0.05, 0) is 44.5 Å². The molecule has 3 heterocycles. The monoisotopic (exact) mass is 485 g/mol. The third kappa shape index (κ3) is 5.54. The van der Waals surface area contributed by atoms with Gasteiger partial charge in [-0.1, -0.05) is 13.0 Å².